The molecule has 1 aliphatic carbocycles. The molecule has 3 unspecified atom stereocenters. The molecule has 0 radical (unpaired) electrons. The van der Waals surface area contributed by atoms with Crippen LogP contribution >= 0.6 is 0 Å². The van der Waals surface area contributed by atoms with E-state index in [9.17, 15) is 14.4 Å². The van der Waals surface area contributed by atoms with Gasteiger partial charge in [0.2, 0.25) is 5.91 Å². The Kier molecular flexibility index (Phi) is 3.73. The van der Waals surface area contributed by atoms with Crippen molar-refractivity contribution in [1.82, 2.24) is 15.1 Å². The third kappa shape index (κ3) is 2.69. The Morgan fingerprint density at radius 3 is 2.71 bits per heavy atom. The number of carboxylic acid groups (broad SMARTS) is 1. The number of amides is 3. The number of carbonyl (C=O) groups excluding carboxylic acids is 2. The molecular weight excluding hydrogens is 274 g/mol. The largest absolute Gasteiger partial charge is 0.481 e. The second kappa shape index (κ2) is 5.54. The Morgan fingerprint density at radius 1 is 1.19 bits per heavy atom. The zero-order valence-electron chi connectivity index (χ0n) is 12.0. The summed E-state index contributed by atoms with van der Waals surface area (Å²) in [4.78, 5) is 38.9. The van der Waals surface area contributed by atoms with Crippen molar-refractivity contribution >= 4 is 17.9 Å². The van der Waals surface area contributed by atoms with E-state index < -0.39 is 5.97 Å². The van der Waals surface area contributed by atoms with E-state index in [-0.39, 0.29) is 29.8 Å². The topological polar surface area (TPSA) is 90.0 Å². The fourth-order valence-electron chi connectivity index (χ4n) is 3.70. The SMILES string of the molecule is O=C(O)C1CCCC(C(=O)N2CCN3C(=O)NCC3C2)C1. The smallest absolute Gasteiger partial charge is 0.317 e. The maximum Gasteiger partial charge on any atom is 0.317 e. The maximum absolute atomic E-state index is 12.6. The average molecular weight is 295 g/mol. The van der Waals surface area contributed by atoms with Gasteiger partial charge < -0.3 is 20.2 Å². The van der Waals surface area contributed by atoms with Crippen molar-refractivity contribution in [3.05, 3.63) is 0 Å². The predicted octanol–water partition coefficient (Wildman–Crippen LogP) is 0.113. The highest BCUT2D eigenvalue weighted by Gasteiger charge is 2.39. The quantitative estimate of drug-likeness (QED) is 0.757. The fourth-order valence-corrected chi connectivity index (χ4v) is 3.70. The molecule has 2 N–H and O–H groups in total. The molecule has 3 fully saturated rings. The number of carbonyl (C=O) groups is 3. The molecule has 0 spiro atoms. The van der Waals surface area contributed by atoms with Crippen LogP contribution in [-0.4, -0.2) is 65.0 Å². The number of hydrogen-bond acceptors (Lipinski definition) is 3. The number of carboxylic acids is 1. The van der Waals surface area contributed by atoms with Crippen LogP contribution in [0.15, 0.2) is 0 Å². The van der Waals surface area contributed by atoms with Crippen LogP contribution in [0.5, 0.6) is 0 Å². The molecule has 116 valence electrons. The average Bonchev–Trinajstić information content (AvgIpc) is 2.87. The number of fused-ring (bicyclic) bond motifs is 1. The Hall–Kier alpha value is -1.79. The highest BCUT2D eigenvalue weighted by atomic mass is 16.4. The van der Waals surface area contributed by atoms with Gasteiger partial charge in [0.15, 0.2) is 0 Å². The number of urea groups is 1. The molecule has 0 aromatic rings. The monoisotopic (exact) mass is 295 g/mol. The van der Waals surface area contributed by atoms with Crippen LogP contribution < -0.4 is 5.32 Å². The van der Waals surface area contributed by atoms with Gasteiger partial charge in [-0.3, -0.25) is 9.59 Å². The van der Waals surface area contributed by atoms with E-state index in [4.69, 9.17) is 5.11 Å². The summed E-state index contributed by atoms with van der Waals surface area (Å²) in [6.45, 7) is 2.27. The summed E-state index contributed by atoms with van der Waals surface area (Å²) in [5.74, 6) is -1.27. The molecule has 1 saturated carbocycles. The maximum atomic E-state index is 12.6. The summed E-state index contributed by atoms with van der Waals surface area (Å²) in [5, 5.41) is 11.9. The van der Waals surface area contributed by atoms with Crippen LogP contribution in [0.3, 0.4) is 0 Å². The molecule has 3 amide bonds. The lowest BCUT2D eigenvalue weighted by molar-refractivity contribution is -0.146. The summed E-state index contributed by atoms with van der Waals surface area (Å²) in [6.07, 6.45) is 2.71. The molecule has 7 heteroatoms. The van der Waals surface area contributed by atoms with E-state index in [1.54, 1.807) is 4.90 Å². The minimum Gasteiger partial charge on any atom is -0.481 e. The van der Waals surface area contributed by atoms with E-state index in [1.807, 2.05) is 4.90 Å². The molecular formula is C14H21N3O4. The molecule has 0 aromatic carbocycles. The summed E-state index contributed by atoms with van der Waals surface area (Å²) in [6, 6.07) is 0.0183. The van der Waals surface area contributed by atoms with E-state index in [0.29, 0.717) is 39.0 Å². The van der Waals surface area contributed by atoms with Gasteiger partial charge in [0, 0.05) is 32.1 Å². The van der Waals surface area contributed by atoms with E-state index in [0.717, 1.165) is 12.8 Å². The Morgan fingerprint density at radius 2 is 1.95 bits per heavy atom. The van der Waals surface area contributed by atoms with Crippen molar-refractivity contribution < 1.29 is 19.5 Å². The molecule has 2 heterocycles. The number of nitrogens with one attached hydrogen (secondary N) is 1. The molecule has 3 atom stereocenters. The normalized spacial score (nSPS) is 32.6. The molecule has 0 bridgehead atoms. The van der Waals surface area contributed by atoms with Gasteiger partial charge in [-0.05, 0) is 19.3 Å². The lowest BCUT2D eigenvalue weighted by Gasteiger charge is -2.39. The van der Waals surface area contributed by atoms with Crippen molar-refractivity contribution in [2.45, 2.75) is 31.7 Å². The first-order valence-electron chi connectivity index (χ1n) is 7.62. The van der Waals surface area contributed by atoms with Gasteiger partial charge in [0.1, 0.15) is 0 Å². The number of hydrogen-bond donors (Lipinski definition) is 2. The second-order valence-electron chi connectivity index (χ2n) is 6.22. The number of nitrogens with zero attached hydrogens (tertiary/aromatic N) is 2. The fraction of sp³-hybridized carbons (Fsp3) is 0.786. The van der Waals surface area contributed by atoms with Gasteiger partial charge in [-0.1, -0.05) is 6.42 Å². The van der Waals surface area contributed by atoms with Crippen molar-refractivity contribution in [2.75, 3.05) is 26.2 Å². The van der Waals surface area contributed by atoms with Gasteiger partial charge in [-0.2, -0.15) is 0 Å². The Bertz CT molecular complexity index is 467. The molecule has 3 aliphatic rings. The molecule has 2 aliphatic heterocycles. The second-order valence-corrected chi connectivity index (χ2v) is 6.22. The first-order chi connectivity index (χ1) is 10.1. The van der Waals surface area contributed by atoms with Crippen LogP contribution in [0.2, 0.25) is 0 Å². The molecule has 21 heavy (non-hydrogen) atoms. The van der Waals surface area contributed by atoms with Crippen molar-refractivity contribution in [1.29, 1.82) is 0 Å². The van der Waals surface area contributed by atoms with Crippen LogP contribution in [0, 0.1) is 11.8 Å². The van der Waals surface area contributed by atoms with Gasteiger partial charge in [0.25, 0.3) is 0 Å². The van der Waals surface area contributed by atoms with Crippen LogP contribution in [0.1, 0.15) is 25.7 Å². The van der Waals surface area contributed by atoms with E-state index in [2.05, 4.69) is 5.32 Å². The Labute approximate surface area is 123 Å². The standard InChI is InChI=1S/C14H21N3O4/c18-12(9-2-1-3-10(6-9)13(19)20)16-4-5-17-11(8-16)7-15-14(17)21/h9-11H,1-8H2,(H,15,21)(H,19,20). The van der Waals surface area contributed by atoms with Crippen molar-refractivity contribution in [3.8, 4) is 0 Å². The highest BCUT2D eigenvalue weighted by Crippen LogP contribution is 2.31. The van der Waals surface area contributed by atoms with Crippen molar-refractivity contribution in [2.24, 2.45) is 11.8 Å². The lowest BCUT2D eigenvalue weighted by Crippen LogP contribution is -2.55. The number of piperazine rings is 1. The predicted molar refractivity (Wildman–Crippen MR) is 73.6 cm³/mol. The minimum absolute atomic E-state index is 0.0456. The van der Waals surface area contributed by atoms with Crippen LogP contribution in [0.25, 0.3) is 0 Å². The van der Waals surface area contributed by atoms with Gasteiger partial charge in [-0.15, -0.1) is 0 Å². The third-order valence-corrected chi connectivity index (χ3v) is 4.92. The molecule has 3 rings (SSSR count). The molecule has 0 aromatic heterocycles. The summed E-state index contributed by atoms with van der Waals surface area (Å²) in [5.41, 5.74) is 0. The Balaban J connectivity index is 1.60. The van der Waals surface area contributed by atoms with Crippen LogP contribution in [0.4, 0.5) is 4.79 Å². The minimum atomic E-state index is -0.789. The highest BCUT2D eigenvalue weighted by molar-refractivity contribution is 5.82. The van der Waals surface area contributed by atoms with Gasteiger partial charge in [0.05, 0.1) is 12.0 Å². The van der Waals surface area contributed by atoms with Crippen LogP contribution in [-0.2, 0) is 9.59 Å². The summed E-state index contributed by atoms with van der Waals surface area (Å²) < 4.78 is 0. The zero-order valence-corrected chi connectivity index (χ0v) is 12.0. The summed E-state index contributed by atoms with van der Waals surface area (Å²) >= 11 is 0. The molecule has 7 nitrogen and oxygen atoms in total. The first kappa shape index (κ1) is 14.2. The van der Waals surface area contributed by atoms with Gasteiger partial charge >= 0.3 is 12.0 Å². The molecule has 2 saturated heterocycles. The van der Waals surface area contributed by atoms with E-state index >= 15 is 0 Å². The van der Waals surface area contributed by atoms with Gasteiger partial charge in [-0.25, -0.2) is 4.79 Å². The first-order valence-corrected chi connectivity index (χ1v) is 7.62. The number of rotatable bonds is 2. The van der Waals surface area contributed by atoms with E-state index in [1.165, 1.54) is 0 Å². The number of aliphatic carboxylic acids is 1. The third-order valence-electron chi connectivity index (χ3n) is 4.92. The zero-order chi connectivity index (χ0) is 15.0. The lowest BCUT2D eigenvalue weighted by atomic mass is 9.80. The summed E-state index contributed by atoms with van der Waals surface area (Å²) in [7, 11) is 0. The van der Waals surface area contributed by atoms with Crippen molar-refractivity contribution in [3.63, 3.8) is 0 Å².